The SMILES string of the molecule is CO[C@H]1[C@H](O[C@@H]2C[C@@H]3C/C=C\C(=O)O[C@@H](CO)C[C@@H](O)[C@H]4C[C@@H](C)[C@@H](C/C=C\C=C/[C@H](C)C[C@H](C2)O3)O4)O[C@@H](C)[C@H](O)[C@H]1O. The fraction of sp³-hybridized carbons (Fsp3) is 0.788. The molecule has 250 valence electrons. The molecule has 0 aromatic rings. The Labute approximate surface area is 260 Å². The van der Waals surface area contributed by atoms with E-state index in [9.17, 15) is 25.2 Å². The number of aliphatic hydroxyl groups excluding tert-OH is 4. The van der Waals surface area contributed by atoms with Crippen LogP contribution in [0.15, 0.2) is 36.5 Å². The molecule has 4 bridgehead atoms. The maximum Gasteiger partial charge on any atom is 0.330 e. The Bertz CT molecular complexity index is 985. The number of hydrogen-bond donors (Lipinski definition) is 4. The maximum absolute atomic E-state index is 12.6. The van der Waals surface area contributed by atoms with Gasteiger partial charge in [-0.15, -0.1) is 0 Å². The highest BCUT2D eigenvalue weighted by Gasteiger charge is 2.45. The molecule has 0 aliphatic carbocycles. The fourth-order valence-electron chi connectivity index (χ4n) is 6.64. The summed E-state index contributed by atoms with van der Waals surface area (Å²) in [6.07, 6.45) is 7.78. The molecule has 4 aliphatic heterocycles. The van der Waals surface area contributed by atoms with Crippen LogP contribution in [0.2, 0.25) is 0 Å². The van der Waals surface area contributed by atoms with Gasteiger partial charge in [0, 0.05) is 32.4 Å². The Balaban J connectivity index is 1.47. The van der Waals surface area contributed by atoms with E-state index >= 15 is 0 Å². The normalized spacial score (nSPS) is 46.8. The zero-order valence-corrected chi connectivity index (χ0v) is 26.4. The van der Waals surface area contributed by atoms with Crippen LogP contribution in [0.5, 0.6) is 0 Å². The summed E-state index contributed by atoms with van der Waals surface area (Å²) in [4.78, 5) is 12.6. The molecule has 0 aromatic carbocycles. The minimum atomic E-state index is -1.15. The fourth-order valence-corrected chi connectivity index (χ4v) is 6.64. The standard InChI is InChI=1S/C33H52O11/c1-19-9-6-5-7-11-27-20(2)14-28(44-27)26(35)17-25(18-34)42-29(36)12-8-10-22-15-24(16-23(13-19)41-22)43-33-32(39-4)31(38)30(37)21(3)40-33/h5-9,12,19-28,30-35,37-38H,10-11,13-18H2,1-4H3/b7-5-,9-6-,12-8-/t19-,20+,21-,22-,23+,24+,25+,26+,27+,28+,30-,31+,32+,33-/m0/s1. The van der Waals surface area contributed by atoms with Crippen LogP contribution in [0, 0.1) is 11.8 Å². The molecule has 4 aliphatic rings. The van der Waals surface area contributed by atoms with Crippen molar-refractivity contribution in [1.82, 2.24) is 0 Å². The molecule has 0 aromatic heterocycles. The molecule has 3 saturated heterocycles. The lowest BCUT2D eigenvalue weighted by atomic mass is 9.92. The average molecular weight is 625 g/mol. The molecule has 4 heterocycles. The summed E-state index contributed by atoms with van der Waals surface area (Å²) in [6, 6.07) is 0. The number of carbonyl (C=O) groups excluding carboxylic acids is 1. The molecular formula is C33H52O11. The van der Waals surface area contributed by atoms with Crippen molar-refractivity contribution in [3.05, 3.63) is 36.5 Å². The van der Waals surface area contributed by atoms with Gasteiger partial charge in [-0.2, -0.15) is 0 Å². The Morgan fingerprint density at radius 1 is 0.864 bits per heavy atom. The number of hydrogen-bond acceptors (Lipinski definition) is 11. The van der Waals surface area contributed by atoms with Gasteiger partial charge in [-0.3, -0.25) is 0 Å². The number of ether oxygens (including phenoxy) is 6. The van der Waals surface area contributed by atoms with E-state index in [2.05, 4.69) is 26.0 Å². The predicted octanol–water partition coefficient (Wildman–Crippen LogP) is 2.34. The second-order valence-electron chi connectivity index (χ2n) is 12.9. The van der Waals surface area contributed by atoms with Gasteiger partial charge in [0.1, 0.15) is 24.4 Å². The summed E-state index contributed by atoms with van der Waals surface area (Å²) in [5.41, 5.74) is 0. The molecule has 11 nitrogen and oxygen atoms in total. The number of fused-ring (bicyclic) bond motifs is 4. The van der Waals surface area contributed by atoms with E-state index in [1.165, 1.54) is 13.2 Å². The van der Waals surface area contributed by atoms with Crippen molar-refractivity contribution in [2.45, 2.75) is 139 Å². The third kappa shape index (κ3) is 9.67. The number of rotatable bonds is 4. The molecule has 11 heteroatoms. The van der Waals surface area contributed by atoms with Gasteiger partial charge in [-0.25, -0.2) is 4.79 Å². The number of esters is 1. The van der Waals surface area contributed by atoms with Crippen LogP contribution in [0.3, 0.4) is 0 Å². The summed E-state index contributed by atoms with van der Waals surface area (Å²) >= 11 is 0. The van der Waals surface area contributed by atoms with Gasteiger partial charge >= 0.3 is 5.97 Å². The van der Waals surface area contributed by atoms with Crippen molar-refractivity contribution in [2.75, 3.05) is 13.7 Å². The molecule has 0 saturated carbocycles. The van der Waals surface area contributed by atoms with Gasteiger partial charge in [0.15, 0.2) is 6.29 Å². The van der Waals surface area contributed by atoms with Gasteiger partial charge in [-0.1, -0.05) is 44.2 Å². The van der Waals surface area contributed by atoms with Gasteiger partial charge in [0.2, 0.25) is 0 Å². The first-order chi connectivity index (χ1) is 21.1. The first kappa shape index (κ1) is 35.2. The Morgan fingerprint density at radius 3 is 2.39 bits per heavy atom. The van der Waals surface area contributed by atoms with E-state index in [4.69, 9.17) is 28.4 Å². The highest BCUT2D eigenvalue weighted by atomic mass is 16.7. The number of methoxy groups -OCH3 is 1. The molecule has 14 atom stereocenters. The number of carbonyl (C=O) groups is 1. The van der Waals surface area contributed by atoms with Gasteiger partial charge in [0.25, 0.3) is 0 Å². The van der Waals surface area contributed by atoms with Crippen molar-refractivity contribution in [2.24, 2.45) is 11.8 Å². The molecule has 0 spiro atoms. The van der Waals surface area contributed by atoms with Crippen molar-refractivity contribution in [3.63, 3.8) is 0 Å². The van der Waals surface area contributed by atoms with E-state index in [1.807, 2.05) is 12.2 Å². The summed E-state index contributed by atoms with van der Waals surface area (Å²) in [5, 5.41) is 41.4. The average Bonchev–Trinajstić information content (AvgIpc) is 3.35. The molecule has 4 N–H and O–H groups in total. The summed E-state index contributed by atoms with van der Waals surface area (Å²) < 4.78 is 35.7. The lowest BCUT2D eigenvalue weighted by molar-refractivity contribution is -0.315. The van der Waals surface area contributed by atoms with Crippen molar-refractivity contribution < 1.29 is 53.6 Å². The number of allylic oxidation sites excluding steroid dienone is 3. The molecule has 0 unspecified atom stereocenters. The van der Waals surface area contributed by atoms with Crippen LogP contribution in [0.1, 0.15) is 65.7 Å². The monoisotopic (exact) mass is 624 g/mol. The van der Waals surface area contributed by atoms with Crippen LogP contribution < -0.4 is 0 Å². The van der Waals surface area contributed by atoms with Gasteiger partial charge in [0.05, 0.1) is 49.3 Å². The highest BCUT2D eigenvalue weighted by Crippen LogP contribution is 2.33. The molecule has 0 amide bonds. The molecule has 0 radical (unpaired) electrons. The van der Waals surface area contributed by atoms with E-state index in [0.717, 1.165) is 12.8 Å². The topological polar surface area (TPSA) is 153 Å². The van der Waals surface area contributed by atoms with Crippen molar-refractivity contribution in [1.29, 1.82) is 0 Å². The van der Waals surface area contributed by atoms with E-state index < -0.39 is 55.5 Å². The third-order valence-electron chi connectivity index (χ3n) is 9.17. The van der Waals surface area contributed by atoms with E-state index in [-0.39, 0.29) is 48.8 Å². The minimum Gasteiger partial charge on any atom is -0.457 e. The molecule has 3 fully saturated rings. The molecule has 44 heavy (non-hydrogen) atoms. The zero-order valence-electron chi connectivity index (χ0n) is 26.4. The predicted molar refractivity (Wildman–Crippen MR) is 160 cm³/mol. The smallest absolute Gasteiger partial charge is 0.330 e. The first-order valence-electron chi connectivity index (χ1n) is 16.1. The van der Waals surface area contributed by atoms with E-state index in [0.29, 0.717) is 25.7 Å². The Hall–Kier alpha value is -1.67. The van der Waals surface area contributed by atoms with Crippen LogP contribution in [0.4, 0.5) is 0 Å². The summed E-state index contributed by atoms with van der Waals surface area (Å²) in [6.45, 7) is 5.52. The van der Waals surface area contributed by atoms with Crippen LogP contribution >= 0.6 is 0 Å². The van der Waals surface area contributed by atoms with Crippen LogP contribution in [-0.2, 0) is 33.2 Å². The minimum absolute atomic E-state index is 0.0217. The van der Waals surface area contributed by atoms with Gasteiger partial charge in [-0.05, 0) is 44.4 Å². The zero-order chi connectivity index (χ0) is 31.8. The lowest BCUT2D eigenvalue weighted by Crippen LogP contribution is -2.59. The van der Waals surface area contributed by atoms with Crippen molar-refractivity contribution >= 4 is 5.97 Å². The second-order valence-corrected chi connectivity index (χ2v) is 12.9. The van der Waals surface area contributed by atoms with Crippen molar-refractivity contribution in [3.8, 4) is 0 Å². The largest absolute Gasteiger partial charge is 0.457 e. The van der Waals surface area contributed by atoms with Gasteiger partial charge < -0.3 is 48.8 Å². The number of cyclic esters (lactones) is 1. The molecule has 4 rings (SSSR count). The van der Waals surface area contributed by atoms with E-state index in [1.54, 1.807) is 13.0 Å². The summed E-state index contributed by atoms with van der Waals surface area (Å²) in [5.74, 6) is -0.126. The Kier molecular flexibility index (Phi) is 13.4. The Morgan fingerprint density at radius 2 is 1.64 bits per heavy atom. The van der Waals surface area contributed by atoms with Crippen LogP contribution in [-0.4, -0.2) is 114 Å². The quantitative estimate of drug-likeness (QED) is 0.341. The highest BCUT2D eigenvalue weighted by molar-refractivity contribution is 5.82. The number of aliphatic hydroxyl groups is 4. The lowest BCUT2D eigenvalue weighted by Gasteiger charge is -2.43. The van der Waals surface area contributed by atoms with Crippen LogP contribution in [0.25, 0.3) is 0 Å². The summed E-state index contributed by atoms with van der Waals surface area (Å²) in [7, 11) is 1.45. The maximum atomic E-state index is 12.6. The molecular weight excluding hydrogens is 572 g/mol. The second kappa shape index (κ2) is 16.8. The third-order valence-corrected chi connectivity index (χ3v) is 9.17. The first-order valence-corrected chi connectivity index (χ1v) is 16.1.